The number of H-pyrrole nitrogens is 1. The molecule has 120 valence electrons. The topological polar surface area (TPSA) is 61.9 Å². The SMILES string of the molecule is O=C(c1ccc(-c2ncn[nH]2)cc1)N1CC[C@@H]1c1ccc(F)cc1. The lowest BCUT2D eigenvalue weighted by Gasteiger charge is -2.41. The minimum atomic E-state index is -0.265. The van der Waals surface area contributed by atoms with E-state index in [9.17, 15) is 9.18 Å². The molecule has 5 nitrogen and oxygen atoms in total. The molecule has 1 aliphatic heterocycles. The Labute approximate surface area is 138 Å². The highest BCUT2D eigenvalue weighted by atomic mass is 19.1. The van der Waals surface area contributed by atoms with Gasteiger partial charge < -0.3 is 4.90 Å². The smallest absolute Gasteiger partial charge is 0.254 e. The van der Waals surface area contributed by atoms with Gasteiger partial charge in [-0.15, -0.1) is 0 Å². The predicted molar refractivity (Wildman–Crippen MR) is 86.6 cm³/mol. The molecule has 2 heterocycles. The lowest BCUT2D eigenvalue weighted by molar-refractivity contribution is 0.0460. The van der Waals surface area contributed by atoms with Gasteiger partial charge in [0.1, 0.15) is 12.1 Å². The Morgan fingerprint density at radius 3 is 2.46 bits per heavy atom. The maximum atomic E-state index is 13.1. The number of carbonyl (C=O) groups excluding carboxylic acids is 1. The second-order valence-corrected chi connectivity index (χ2v) is 5.77. The Morgan fingerprint density at radius 1 is 1.12 bits per heavy atom. The summed E-state index contributed by atoms with van der Waals surface area (Å²) in [7, 11) is 0. The van der Waals surface area contributed by atoms with Crippen molar-refractivity contribution in [3.8, 4) is 11.4 Å². The van der Waals surface area contributed by atoms with Crippen LogP contribution < -0.4 is 0 Å². The minimum absolute atomic E-state index is 0.0142. The van der Waals surface area contributed by atoms with Crippen molar-refractivity contribution in [1.29, 1.82) is 0 Å². The van der Waals surface area contributed by atoms with Crippen LogP contribution in [0.2, 0.25) is 0 Å². The fraction of sp³-hybridized carbons (Fsp3) is 0.167. The summed E-state index contributed by atoms with van der Waals surface area (Å²) in [4.78, 5) is 18.6. The van der Waals surface area contributed by atoms with Crippen LogP contribution in [0.3, 0.4) is 0 Å². The number of benzene rings is 2. The summed E-state index contributed by atoms with van der Waals surface area (Å²) in [6.07, 6.45) is 2.34. The number of carbonyl (C=O) groups is 1. The van der Waals surface area contributed by atoms with Crippen LogP contribution in [-0.2, 0) is 0 Å². The van der Waals surface area contributed by atoms with Crippen LogP contribution in [0.5, 0.6) is 0 Å². The normalized spacial score (nSPS) is 16.7. The van der Waals surface area contributed by atoms with Gasteiger partial charge in [-0.2, -0.15) is 5.10 Å². The Morgan fingerprint density at radius 2 is 1.88 bits per heavy atom. The van der Waals surface area contributed by atoms with Gasteiger partial charge in [-0.1, -0.05) is 24.3 Å². The molecule has 0 saturated carbocycles. The Hall–Kier alpha value is -3.02. The van der Waals surface area contributed by atoms with Crippen LogP contribution in [0.1, 0.15) is 28.4 Å². The maximum absolute atomic E-state index is 13.1. The van der Waals surface area contributed by atoms with E-state index in [1.165, 1.54) is 18.5 Å². The zero-order valence-corrected chi connectivity index (χ0v) is 12.8. The van der Waals surface area contributed by atoms with E-state index in [2.05, 4.69) is 15.2 Å². The van der Waals surface area contributed by atoms with Crippen LogP contribution >= 0.6 is 0 Å². The molecule has 0 aliphatic carbocycles. The van der Waals surface area contributed by atoms with E-state index in [1.807, 2.05) is 17.0 Å². The molecule has 0 spiro atoms. The molecule has 0 radical (unpaired) electrons. The monoisotopic (exact) mass is 322 g/mol. The number of halogens is 1. The molecular weight excluding hydrogens is 307 g/mol. The first-order valence-corrected chi connectivity index (χ1v) is 7.74. The fourth-order valence-electron chi connectivity index (χ4n) is 2.94. The standard InChI is InChI=1S/C18H15FN4O/c19-15-7-5-12(6-8-15)16-9-10-23(16)18(24)14-3-1-13(2-4-14)17-20-11-21-22-17/h1-8,11,16H,9-10H2,(H,20,21,22)/t16-/m1/s1. The minimum Gasteiger partial charge on any atom is -0.331 e. The van der Waals surface area contributed by atoms with Gasteiger partial charge >= 0.3 is 0 Å². The first-order chi connectivity index (χ1) is 11.7. The summed E-state index contributed by atoms with van der Waals surface area (Å²) in [5.41, 5.74) is 2.47. The zero-order valence-electron chi connectivity index (χ0n) is 12.8. The second kappa shape index (κ2) is 5.88. The van der Waals surface area contributed by atoms with Crippen LogP contribution in [-0.4, -0.2) is 32.5 Å². The van der Waals surface area contributed by atoms with Crippen molar-refractivity contribution in [3.05, 3.63) is 71.8 Å². The van der Waals surface area contributed by atoms with E-state index >= 15 is 0 Å². The molecular formula is C18H15FN4O. The molecule has 4 rings (SSSR count). The molecule has 3 aromatic rings. The Bertz CT molecular complexity index is 844. The van der Waals surface area contributed by atoms with E-state index in [1.54, 1.807) is 24.3 Å². The number of hydrogen-bond donors (Lipinski definition) is 1. The van der Waals surface area contributed by atoms with E-state index < -0.39 is 0 Å². The number of nitrogens with zero attached hydrogens (tertiary/aromatic N) is 3. The summed E-state index contributed by atoms with van der Waals surface area (Å²) < 4.78 is 13.1. The largest absolute Gasteiger partial charge is 0.331 e. The third kappa shape index (κ3) is 2.56. The van der Waals surface area contributed by atoms with E-state index in [-0.39, 0.29) is 17.8 Å². The maximum Gasteiger partial charge on any atom is 0.254 e. The predicted octanol–water partition coefficient (Wildman–Crippen LogP) is 3.20. The van der Waals surface area contributed by atoms with Gasteiger partial charge in [0.25, 0.3) is 5.91 Å². The van der Waals surface area contributed by atoms with Gasteiger partial charge in [-0.25, -0.2) is 9.37 Å². The van der Waals surface area contributed by atoms with Crippen molar-refractivity contribution in [2.24, 2.45) is 0 Å². The van der Waals surface area contributed by atoms with Crippen molar-refractivity contribution < 1.29 is 9.18 Å². The van der Waals surface area contributed by atoms with Crippen molar-refractivity contribution in [2.75, 3.05) is 6.54 Å². The van der Waals surface area contributed by atoms with Crippen molar-refractivity contribution in [3.63, 3.8) is 0 Å². The number of hydrogen-bond acceptors (Lipinski definition) is 3. The van der Waals surface area contributed by atoms with E-state index in [0.29, 0.717) is 17.9 Å². The van der Waals surface area contributed by atoms with Crippen LogP contribution in [0.15, 0.2) is 54.9 Å². The summed E-state index contributed by atoms with van der Waals surface area (Å²) in [5.74, 6) is 0.390. The Kier molecular flexibility index (Phi) is 3.57. The molecule has 0 unspecified atom stereocenters. The molecule has 1 aliphatic rings. The summed E-state index contributed by atoms with van der Waals surface area (Å²) in [6.45, 7) is 0.713. The lowest BCUT2D eigenvalue weighted by atomic mass is 9.93. The van der Waals surface area contributed by atoms with Gasteiger partial charge in [-0.05, 0) is 36.2 Å². The van der Waals surface area contributed by atoms with Crippen LogP contribution in [0.25, 0.3) is 11.4 Å². The molecule has 0 bridgehead atoms. The van der Waals surface area contributed by atoms with Crippen molar-refractivity contribution in [2.45, 2.75) is 12.5 Å². The number of rotatable bonds is 3. The highest BCUT2D eigenvalue weighted by Gasteiger charge is 2.33. The zero-order chi connectivity index (χ0) is 16.5. The molecule has 1 N–H and O–H groups in total. The van der Waals surface area contributed by atoms with Gasteiger partial charge in [0.05, 0.1) is 6.04 Å². The summed E-state index contributed by atoms with van der Waals surface area (Å²) >= 11 is 0. The number of amides is 1. The third-order valence-corrected chi connectivity index (χ3v) is 4.36. The van der Waals surface area contributed by atoms with Crippen LogP contribution in [0.4, 0.5) is 4.39 Å². The Balaban J connectivity index is 1.52. The average molecular weight is 322 g/mol. The molecule has 1 saturated heterocycles. The van der Waals surface area contributed by atoms with Gasteiger partial charge in [0.15, 0.2) is 5.82 Å². The number of likely N-dealkylation sites (tertiary alicyclic amines) is 1. The molecule has 24 heavy (non-hydrogen) atoms. The van der Waals surface area contributed by atoms with Crippen molar-refractivity contribution in [1.82, 2.24) is 20.1 Å². The second-order valence-electron chi connectivity index (χ2n) is 5.77. The highest BCUT2D eigenvalue weighted by Crippen LogP contribution is 2.34. The molecule has 1 amide bonds. The first-order valence-electron chi connectivity index (χ1n) is 7.74. The number of aromatic nitrogens is 3. The number of aromatic amines is 1. The third-order valence-electron chi connectivity index (χ3n) is 4.36. The van der Waals surface area contributed by atoms with E-state index in [0.717, 1.165) is 17.5 Å². The number of nitrogens with one attached hydrogen (secondary N) is 1. The average Bonchev–Trinajstić information content (AvgIpc) is 3.10. The highest BCUT2D eigenvalue weighted by molar-refractivity contribution is 5.95. The van der Waals surface area contributed by atoms with Crippen LogP contribution in [0, 0.1) is 5.82 Å². The fourth-order valence-corrected chi connectivity index (χ4v) is 2.94. The quantitative estimate of drug-likeness (QED) is 0.805. The van der Waals surface area contributed by atoms with Gasteiger partial charge in [0, 0.05) is 17.7 Å². The van der Waals surface area contributed by atoms with Gasteiger partial charge in [-0.3, -0.25) is 9.89 Å². The lowest BCUT2D eigenvalue weighted by Crippen LogP contribution is -2.45. The molecule has 1 atom stereocenters. The summed E-state index contributed by atoms with van der Waals surface area (Å²) in [5, 5.41) is 6.61. The first kappa shape index (κ1) is 14.6. The molecule has 2 aromatic carbocycles. The molecule has 1 fully saturated rings. The van der Waals surface area contributed by atoms with Crippen molar-refractivity contribution >= 4 is 5.91 Å². The molecule has 6 heteroatoms. The van der Waals surface area contributed by atoms with E-state index in [4.69, 9.17) is 0 Å². The molecule has 1 aromatic heterocycles. The summed E-state index contributed by atoms with van der Waals surface area (Å²) in [6, 6.07) is 13.7. The van der Waals surface area contributed by atoms with Gasteiger partial charge in [0.2, 0.25) is 0 Å².